The maximum absolute atomic E-state index is 14.6. The Balaban J connectivity index is 1.53. The number of anilines is 1. The Morgan fingerprint density at radius 3 is 2.06 bits per heavy atom. The maximum atomic E-state index is 14.6. The van der Waals surface area contributed by atoms with Gasteiger partial charge in [-0.05, 0) is 31.1 Å². The average Bonchev–Trinajstić information content (AvgIpc) is 3.61. The van der Waals surface area contributed by atoms with E-state index in [0.717, 1.165) is 12.5 Å². The van der Waals surface area contributed by atoms with Crippen LogP contribution < -0.4 is 15.5 Å². The number of aromatic hydroxyl groups is 3. The second kappa shape index (κ2) is 21.3. The number of benzene rings is 4. The molecule has 5 bridgehead atoms. The monoisotopic (exact) mass is 963 g/mol. The summed E-state index contributed by atoms with van der Waals surface area (Å²) in [5.74, 6) is -10.3. The summed E-state index contributed by atoms with van der Waals surface area (Å²) in [4.78, 5) is 55.4. The zero-order chi connectivity index (χ0) is 51.4. The van der Waals surface area contributed by atoms with Crippen molar-refractivity contribution in [1.29, 1.82) is 0 Å². The first-order chi connectivity index (χ1) is 33.2. The van der Waals surface area contributed by atoms with Gasteiger partial charge in [-0.1, -0.05) is 107 Å². The number of hydrogen-bond acceptors (Lipinski definition) is 15. The molecule has 17 nitrogen and oxygen atoms in total. The predicted octanol–water partition coefficient (Wildman–Crippen LogP) is 6.18. The third-order valence-corrected chi connectivity index (χ3v) is 13.6. The molecule has 9 unspecified atom stereocenters. The third-order valence-electron chi connectivity index (χ3n) is 13.6. The molecule has 4 aromatic rings. The fraction of sp³-hybridized carbons (Fsp3) is 0.377. The molecule has 3 heterocycles. The van der Waals surface area contributed by atoms with Crippen molar-refractivity contribution in [3.05, 3.63) is 125 Å². The van der Waals surface area contributed by atoms with Crippen LogP contribution in [0.25, 0.3) is 10.8 Å². The standard InChI is InChI=1S/C53H61N3O14/c1-27-17-16-18-28(2)50(65)55-41-36(25-54-56-51(66)53(26-57,34-19-12-10-13-20-34)35-21-14-11-15-22-35)45(62)38-39(46(41)63)44(61)32(6)48-40(38)49(64)52(8,70-48)68-24-23-37(67-9)29(3)47(69-33(7)58)31(5)43(60)30(4)42(27)59/h10-25,27,29-31,37,42-43,47,57,59-63H,26H2,1-9H3,(H,55,65)(H,56,66)/b17-16+,24-23+,28-18+,54-25?. The third kappa shape index (κ3) is 9.74. The van der Waals surface area contributed by atoms with Gasteiger partial charge in [0.1, 0.15) is 28.8 Å². The number of phenols is 3. The van der Waals surface area contributed by atoms with Gasteiger partial charge in [0.05, 0.1) is 59.6 Å². The van der Waals surface area contributed by atoms with Crippen molar-refractivity contribution in [2.24, 2.45) is 28.8 Å². The quantitative estimate of drug-likeness (QED) is 0.0322. The SMILES string of the molecule is COC1/C=C/OC2(C)Oc3c(C)c(O)c4c(O)c(c(C=NNC(=O)C(CO)(c5ccccc5)c5ccccc5)c(O)c4c3C2=O)NC(=O)/C(C)=C/C=C/C(C)C(O)C(C)C(O)C(C)C(OC(C)=O)C1C. The molecule has 4 aromatic carbocycles. The molecule has 0 spiro atoms. The molecule has 0 aromatic heterocycles. The topological polar surface area (TPSA) is 263 Å². The van der Waals surface area contributed by atoms with Crippen molar-refractivity contribution in [2.45, 2.75) is 91.0 Å². The minimum Gasteiger partial charge on any atom is -0.507 e. The number of nitrogens with one attached hydrogen (secondary N) is 2. The van der Waals surface area contributed by atoms with Gasteiger partial charge in [-0.15, -0.1) is 0 Å². The van der Waals surface area contributed by atoms with Gasteiger partial charge in [0.2, 0.25) is 0 Å². The number of carbonyl (C=O) groups excluding carboxylic acids is 4. The zero-order valence-corrected chi connectivity index (χ0v) is 40.5. The first-order valence-corrected chi connectivity index (χ1v) is 22.8. The molecule has 372 valence electrons. The van der Waals surface area contributed by atoms with Crippen LogP contribution in [0.4, 0.5) is 5.69 Å². The Morgan fingerprint density at radius 1 is 0.871 bits per heavy atom. The van der Waals surface area contributed by atoms with Crippen molar-refractivity contribution in [3.8, 4) is 23.0 Å². The number of allylic oxidation sites excluding steroid dienone is 2. The molecule has 17 heteroatoms. The number of ether oxygens (including phenoxy) is 4. The highest BCUT2D eigenvalue weighted by molar-refractivity contribution is 6.24. The molecule has 0 fully saturated rings. The molecular formula is C53H61N3O14. The lowest BCUT2D eigenvalue weighted by atomic mass is 9.74. The van der Waals surface area contributed by atoms with E-state index in [2.05, 4.69) is 15.8 Å². The Labute approximate surface area is 405 Å². The van der Waals surface area contributed by atoms with E-state index in [4.69, 9.17) is 18.9 Å². The predicted molar refractivity (Wildman–Crippen MR) is 260 cm³/mol. The summed E-state index contributed by atoms with van der Waals surface area (Å²) < 4.78 is 23.6. The first kappa shape index (κ1) is 52.3. The number of fused-ring (bicyclic) bond motifs is 14. The zero-order valence-electron chi connectivity index (χ0n) is 40.5. The Bertz CT molecular complexity index is 2710. The fourth-order valence-electron chi connectivity index (χ4n) is 9.25. The van der Waals surface area contributed by atoms with Crippen LogP contribution in [0.2, 0.25) is 0 Å². The highest BCUT2D eigenvalue weighted by atomic mass is 16.7. The molecule has 0 radical (unpaired) electrons. The number of aliphatic hydroxyl groups excluding tert-OH is 3. The van der Waals surface area contributed by atoms with Crippen LogP contribution in [0, 0.1) is 30.6 Å². The number of phenolic OH excluding ortho intramolecular Hbond substituents is 3. The number of ketones is 1. The molecular weight excluding hydrogens is 903 g/mol. The highest BCUT2D eigenvalue weighted by Gasteiger charge is 2.50. The van der Waals surface area contributed by atoms with E-state index in [9.17, 15) is 49.8 Å². The summed E-state index contributed by atoms with van der Waals surface area (Å²) in [7, 11) is 1.41. The van der Waals surface area contributed by atoms with E-state index in [-0.39, 0.29) is 22.4 Å². The molecule has 9 atom stereocenters. The molecule has 70 heavy (non-hydrogen) atoms. The molecule has 8 N–H and O–H groups in total. The molecule has 3 aliphatic heterocycles. The average molecular weight is 964 g/mol. The normalized spacial score (nSPS) is 27.3. The second-order valence-electron chi connectivity index (χ2n) is 18.1. The summed E-state index contributed by atoms with van der Waals surface area (Å²) in [6.07, 6.45) is 4.00. The van der Waals surface area contributed by atoms with Crippen molar-refractivity contribution >= 4 is 46.2 Å². The van der Waals surface area contributed by atoms with Gasteiger partial charge in [-0.3, -0.25) is 19.2 Å². The smallest absolute Gasteiger partial charge is 0.312 e. The molecule has 3 aliphatic rings. The molecule has 7 rings (SSSR count). The van der Waals surface area contributed by atoms with Crippen molar-refractivity contribution in [2.75, 3.05) is 19.0 Å². The number of hydrogen-bond donors (Lipinski definition) is 8. The Morgan fingerprint density at radius 2 is 1.49 bits per heavy atom. The number of esters is 1. The summed E-state index contributed by atoms with van der Waals surface area (Å²) >= 11 is 0. The van der Waals surface area contributed by atoms with Crippen molar-refractivity contribution in [1.82, 2.24) is 5.43 Å². The van der Waals surface area contributed by atoms with Gasteiger partial charge in [0.15, 0.2) is 5.75 Å². The second-order valence-corrected chi connectivity index (χ2v) is 18.1. The van der Waals surface area contributed by atoms with Gasteiger partial charge in [-0.25, -0.2) is 5.43 Å². The number of nitrogens with zero attached hydrogens (tertiary/aromatic N) is 1. The highest BCUT2D eigenvalue weighted by Crippen LogP contribution is 2.55. The van der Waals surface area contributed by atoms with Crippen LogP contribution in [-0.4, -0.2) is 104 Å². The maximum Gasteiger partial charge on any atom is 0.312 e. The summed E-state index contributed by atoms with van der Waals surface area (Å²) in [6.45, 7) is 11.5. The van der Waals surface area contributed by atoms with Crippen molar-refractivity contribution < 1.29 is 68.8 Å². The minimum atomic E-state index is -2.16. The number of rotatable bonds is 8. The lowest BCUT2D eigenvalue weighted by Gasteiger charge is -2.38. The van der Waals surface area contributed by atoms with Crippen LogP contribution >= 0.6 is 0 Å². The lowest BCUT2D eigenvalue weighted by molar-refractivity contribution is -0.160. The number of Topliss-reactive ketones (excluding diaryl/α,β-unsaturated/α-hetero) is 1. The van der Waals surface area contributed by atoms with Gasteiger partial charge >= 0.3 is 11.8 Å². The number of amides is 2. The molecule has 0 saturated heterocycles. The van der Waals surface area contributed by atoms with E-state index >= 15 is 0 Å². The van der Waals surface area contributed by atoms with E-state index in [1.165, 1.54) is 53.0 Å². The fourth-order valence-corrected chi connectivity index (χ4v) is 9.25. The molecule has 0 aliphatic carbocycles. The van der Waals surface area contributed by atoms with E-state index in [1.807, 2.05) is 0 Å². The molecule has 2 amide bonds. The van der Waals surface area contributed by atoms with Crippen LogP contribution in [0.5, 0.6) is 23.0 Å². The van der Waals surface area contributed by atoms with Gasteiger partial charge in [0, 0.05) is 61.2 Å². The van der Waals surface area contributed by atoms with Gasteiger partial charge in [-0.2, -0.15) is 5.10 Å². The largest absolute Gasteiger partial charge is 0.507 e. The van der Waals surface area contributed by atoms with Gasteiger partial charge < -0.3 is 54.9 Å². The van der Waals surface area contributed by atoms with Gasteiger partial charge in [0.25, 0.3) is 17.6 Å². The van der Waals surface area contributed by atoms with Crippen LogP contribution in [0.1, 0.15) is 81.1 Å². The van der Waals surface area contributed by atoms with Crippen molar-refractivity contribution in [3.63, 3.8) is 0 Å². The number of methoxy groups -OCH3 is 1. The first-order valence-electron chi connectivity index (χ1n) is 22.8. The number of aliphatic hydroxyl groups is 3. The van der Waals surface area contributed by atoms with Crippen LogP contribution in [-0.2, 0) is 34.0 Å². The minimum absolute atomic E-state index is 0.0348. The molecule has 0 saturated carbocycles. The lowest BCUT2D eigenvalue weighted by Crippen LogP contribution is -2.46. The van der Waals surface area contributed by atoms with E-state index < -0.39 is 129 Å². The summed E-state index contributed by atoms with van der Waals surface area (Å²) in [6, 6.07) is 17.0. The Hall–Kier alpha value is -7.05. The summed E-state index contributed by atoms with van der Waals surface area (Å²) in [5, 5.41) is 76.0. The van der Waals surface area contributed by atoms with Crippen LogP contribution in [0.3, 0.4) is 0 Å². The summed E-state index contributed by atoms with van der Waals surface area (Å²) in [5.41, 5.74) is 0.439. The number of carbonyl (C=O) groups is 4. The Kier molecular flexibility index (Phi) is 15.9. The van der Waals surface area contributed by atoms with E-state index in [1.54, 1.807) is 94.4 Å². The number of hydrazone groups is 1. The van der Waals surface area contributed by atoms with E-state index in [0.29, 0.717) is 11.1 Å². The van der Waals surface area contributed by atoms with Crippen LogP contribution in [0.15, 0.2) is 102 Å².